The van der Waals surface area contributed by atoms with E-state index >= 15 is 0 Å². The molecule has 3 rings (SSSR count). The van der Waals surface area contributed by atoms with Gasteiger partial charge in [0.05, 0.1) is 0 Å². The fraction of sp³-hybridized carbons (Fsp3) is 0.238. The first-order valence-electron chi connectivity index (χ1n) is 8.13. The molecule has 0 aliphatic carbocycles. The van der Waals surface area contributed by atoms with Crippen molar-refractivity contribution in [1.29, 1.82) is 0 Å². The Balaban J connectivity index is 1.81. The van der Waals surface area contributed by atoms with Crippen molar-refractivity contribution in [2.75, 3.05) is 6.61 Å². The molecular formula is C21H22O2. The second kappa shape index (κ2) is 7.80. The topological polar surface area (TPSA) is 18.5 Å². The van der Waals surface area contributed by atoms with Gasteiger partial charge in [-0.15, -0.1) is 0 Å². The molecule has 2 nitrogen and oxygen atoms in total. The van der Waals surface area contributed by atoms with E-state index in [4.69, 9.17) is 9.47 Å². The van der Waals surface area contributed by atoms with Gasteiger partial charge in [-0.05, 0) is 30.2 Å². The molecule has 0 N–H and O–H groups in total. The highest BCUT2D eigenvalue weighted by Gasteiger charge is 2.24. The Labute approximate surface area is 138 Å². The maximum absolute atomic E-state index is 5.95. The zero-order chi connectivity index (χ0) is 15.9. The third-order valence-corrected chi connectivity index (χ3v) is 3.90. The van der Waals surface area contributed by atoms with Crippen LogP contribution in [0.1, 0.15) is 30.4 Å². The molecule has 0 radical (unpaired) electrons. The average molecular weight is 306 g/mol. The summed E-state index contributed by atoms with van der Waals surface area (Å²) in [5.41, 5.74) is 2.46. The van der Waals surface area contributed by atoms with Crippen molar-refractivity contribution in [2.45, 2.75) is 25.6 Å². The molecular weight excluding hydrogens is 284 g/mol. The van der Waals surface area contributed by atoms with Gasteiger partial charge in [0.15, 0.2) is 0 Å². The smallest absolute Gasteiger partial charge is 0.200 e. The molecule has 1 aliphatic rings. The number of allylic oxidation sites excluding steroid dienone is 2. The van der Waals surface area contributed by atoms with E-state index in [1.165, 1.54) is 5.56 Å². The van der Waals surface area contributed by atoms with Crippen LogP contribution in [0.5, 0.6) is 0 Å². The Bertz CT molecular complexity index is 659. The summed E-state index contributed by atoms with van der Waals surface area (Å²) < 4.78 is 11.7. The second-order valence-electron chi connectivity index (χ2n) is 5.57. The predicted molar refractivity (Wildman–Crippen MR) is 93.9 cm³/mol. The van der Waals surface area contributed by atoms with Gasteiger partial charge < -0.3 is 9.47 Å². The van der Waals surface area contributed by atoms with Crippen LogP contribution in [0, 0.1) is 0 Å². The first kappa shape index (κ1) is 15.6. The summed E-state index contributed by atoms with van der Waals surface area (Å²) in [5.74, 6) is 1.18. The summed E-state index contributed by atoms with van der Waals surface area (Å²) in [6, 6.07) is 20.8. The first-order valence-corrected chi connectivity index (χ1v) is 8.13. The lowest BCUT2D eigenvalue weighted by molar-refractivity contribution is -0.121. The van der Waals surface area contributed by atoms with Crippen molar-refractivity contribution in [3.05, 3.63) is 89.7 Å². The normalized spacial score (nSPS) is 21.0. The van der Waals surface area contributed by atoms with Crippen LogP contribution in [0.4, 0.5) is 0 Å². The van der Waals surface area contributed by atoms with E-state index in [0.29, 0.717) is 12.5 Å². The van der Waals surface area contributed by atoms with E-state index in [1.807, 2.05) is 37.3 Å². The van der Waals surface area contributed by atoms with Crippen LogP contribution in [0.3, 0.4) is 0 Å². The summed E-state index contributed by atoms with van der Waals surface area (Å²) in [4.78, 5) is 0. The molecule has 2 aromatic carbocycles. The fourth-order valence-electron chi connectivity index (χ4n) is 2.77. The lowest BCUT2D eigenvalue weighted by atomic mass is 9.93. The van der Waals surface area contributed by atoms with Crippen molar-refractivity contribution >= 4 is 6.08 Å². The third kappa shape index (κ3) is 4.33. The Kier molecular flexibility index (Phi) is 5.28. The summed E-state index contributed by atoms with van der Waals surface area (Å²) in [6.45, 7) is 2.65. The van der Waals surface area contributed by atoms with E-state index in [0.717, 1.165) is 17.7 Å². The number of rotatable bonds is 5. The molecule has 2 atom stereocenters. The number of ether oxygens (including phenoxy) is 2. The number of benzene rings is 2. The van der Waals surface area contributed by atoms with E-state index in [9.17, 15) is 0 Å². The molecule has 0 aromatic heterocycles. The molecule has 0 spiro atoms. The fourth-order valence-corrected chi connectivity index (χ4v) is 2.77. The third-order valence-electron chi connectivity index (χ3n) is 3.90. The molecule has 0 bridgehead atoms. The van der Waals surface area contributed by atoms with Crippen LogP contribution < -0.4 is 0 Å². The van der Waals surface area contributed by atoms with Crippen LogP contribution in [-0.2, 0) is 9.47 Å². The van der Waals surface area contributed by atoms with Crippen LogP contribution in [0.15, 0.2) is 78.6 Å². The Hall–Kier alpha value is -2.32. The van der Waals surface area contributed by atoms with E-state index in [-0.39, 0.29) is 6.29 Å². The monoisotopic (exact) mass is 306 g/mol. The van der Waals surface area contributed by atoms with Gasteiger partial charge in [-0.1, -0.05) is 66.7 Å². The van der Waals surface area contributed by atoms with Crippen LogP contribution >= 0.6 is 0 Å². The van der Waals surface area contributed by atoms with Crippen LogP contribution in [-0.4, -0.2) is 12.9 Å². The zero-order valence-corrected chi connectivity index (χ0v) is 13.4. The van der Waals surface area contributed by atoms with Gasteiger partial charge in [0, 0.05) is 18.9 Å². The van der Waals surface area contributed by atoms with Crippen molar-refractivity contribution in [3.63, 3.8) is 0 Å². The molecule has 1 heterocycles. The highest BCUT2D eigenvalue weighted by molar-refractivity contribution is 5.52. The van der Waals surface area contributed by atoms with Crippen LogP contribution in [0.25, 0.3) is 6.08 Å². The van der Waals surface area contributed by atoms with Crippen molar-refractivity contribution in [1.82, 2.24) is 0 Å². The van der Waals surface area contributed by atoms with E-state index in [2.05, 4.69) is 48.6 Å². The molecule has 2 aromatic rings. The maximum atomic E-state index is 5.95. The minimum absolute atomic E-state index is 0.189. The molecule has 0 amide bonds. The Morgan fingerprint density at radius 1 is 1.00 bits per heavy atom. The van der Waals surface area contributed by atoms with Crippen molar-refractivity contribution in [3.8, 4) is 0 Å². The minimum atomic E-state index is -0.189. The SMILES string of the molecule is CCO[C@H]1C[C@H](c2ccccc2)C=C(/C=C/c2ccccc2)O1. The maximum Gasteiger partial charge on any atom is 0.200 e. The van der Waals surface area contributed by atoms with Gasteiger partial charge in [-0.3, -0.25) is 0 Å². The molecule has 0 saturated heterocycles. The van der Waals surface area contributed by atoms with Gasteiger partial charge in [-0.2, -0.15) is 0 Å². The highest BCUT2D eigenvalue weighted by atomic mass is 16.7. The molecule has 1 aliphatic heterocycles. The largest absolute Gasteiger partial charge is 0.465 e. The average Bonchev–Trinajstić information content (AvgIpc) is 2.62. The van der Waals surface area contributed by atoms with Gasteiger partial charge >= 0.3 is 0 Å². The minimum Gasteiger partial charge on any atom is -0.465 e. The van der Waals surface area contributed by atoms with E-state index < -0.39 is 0 Å². The van der Waals surface area contributed by atoms with E-state index in [1.54, 1.807) is 0 Å². The van der Waals surface area contributed by atoms with Gasteiger partial charge in [-0.25, -0.2) is 0 Å². The molecule has 0 unspecified atom stereocenters. The van der Waals surface area contributed by atoms with Crippen molar-refractivity contribution in [2.24, 2.45) is 0 Å². The molecule has 23 heavy (non-hydrogen) atoms. The predicted octanol–water partition coefficient (Wildman–Crippen LogP) is 5.15. The van der Waals surface area contributed by atoms with Crippen LogP contribution in [0.2, 0.25) is 0 Å². The lowest BCUT2D eigenvalue weighted by Gasteiger charge is -2.28. The summed E-state index contributed by atoms with van der Waals surface area (Å²) in [7, 11) is 0. The Morgan fingerprint density at radius 3 is 2.39 bits per heavy atom. The molecule has 0 fully saturated rings. The van der Waals surface area contributed by atoms with Gasteiger partial charge in [0.1, 0.15) is 5.76 Å². The van der Waals surface area contributed by atoms with Gasteiger partial charge in [0.25, 0.3) is 0 Å². The highest BCUT2D eigenvalue weighted by Crippen LogP contribution is 2.31. The standard InChI is InChI=1S/C21H22O2/c1-2-22-21-16-19(18-11-7-4-8-12-18)15-20(23-21)14-13-17-9-5-3-6-10-17/h3-15,19,21H,2,16H2,1H3/b14-13+/t19-,21-/m1/s1. The summed E-state index contributed by atoms with van der Waals surface area (Å²) in [6.07, 6.45) is 6.94. The quantitative estimate of drug-likeness (QED) is 0.760. The second-order valence-corrected chi connectivity index (χ2v) is 5.57. The number of hydrogen-bond acceptors (Lipinski definition) is 2. The summed E-state index contributed by atoms with van der Waals surface area (Å²) >= 11 is 0. The van der Waals surface area contributed by atoms with Gasteiger partial charge in [0.2, 0.25) is 6.29 Å². The Morgan fingerprint density at radius 2 is 1.70 bits per heavy atom. The molecule has 0 saturated carbocycles. The molecule has 2 heteroatoms. The number of hydrogen-bond donors (Lipinski definition) is 0. The lowest BCUT2D eigenvalue weighted by Crippen LogP contribution is -2.23. The zero-order valence-electron chi connectivity index (χ0n) is 13.4. The van der Waals surface area contributed by atoms with Crippen molar-refractivity contribution < 1.29 is 9.47 Å². The molecule has 118 valence electrons. The first-order chi connectivity index (χ1) is 11.3. The summed E-state index contributed by atoms with van der Waals surface area (Å²) in [5, 5.41) is 0.